The molecule has 0 spiro atoms. The molecule has 0 amide bonds. The van der Waals surface area contributed by atoms with Crippen LogP contribution >= 0.6 is 0 Å². The summed E-state index contributed by atoms with van der Waals surface area (Å²) >= 11 is 0. The molecule has 0 fully saturated rings. The summed E-state index contributed by atoms with van der Waals surface area (Å²) in [7, 11) is 0. The highest BCUT2D eigenvalue weighted by atomic mass is 16.3. The Kier molecular flexibility index (Phi) is 5.49. The number of hydrogen-bond donors (Lipinski definition) is 0. The third kappa shape index (κ3) is 4.78. The second-order valence-electron chi connectivity index (χ2n) is 5.01. The van der Waals surface area contributed by atoms with Crippen molar-refractivity contribution in [1.82, 2.24) is 0 Å². The lowest BCUT2D eigenvalue weighted by atomic mass is 10.0. The van der Waals surface area contributed by atoms with Crippen LogP contribution < -0.4 is 0 Å². The quantitative estimate of drug-likeness (QED) is 0.606. The van der Waals surface area contributed by atoms with Crippen molar-refractivity contribution in [3.8, 4) is 5.75 Å². The van der Waals surface area contributed by atoms with Crippen molar-refractivity contribution < 1.29 is 5.11 Å². The molecule has 0 saturated carbocycles. The first kappa shape index (κ1) is 13.7. The van der Waals surface area contributed by atoms with E-state index in [1.54, 1.807) is 6.07 Å². The highest BCUT2D eigenvalue weighted by Crippen LogP contribution is 2.19. The van der Waals surface area contributed by atoms with Crippen LogP contribution in [0, 0.1) is 0 Å². The van der Waals surface area contributed by atoms with E-state index in [2.05, 4.69) is 30.3 Å². The molecule has 0 bridgehead atoms. The topological polar surface area (TPSA) is 19.9 Å². The van der Waals surface area contributed by atoms with Gasteiger partial charge in [0.05, 0.1) is 0 Å². The number of aryl methyl sites for hydroxylation is 2. The molecular formula is C18H21O. The van der Waals surface area contributed by atoms with Gasteiger partial charge in [-0.25, -0.2) is 0 Å². The molecule has 0 N–H and O–H groups in total. The third-order valence-electron chi connectivity index (χ3n) is 3.48. The van der Waals surface area contributed by atoms with Crippen molar-refractivity contribution in [2.24, 2.45) is 0 Å². The predicted octanol–water partition coefficient (Wildman–Crippen LogP) is 5.18. The van der Waals surface area contributed by atoms with Crippen molar-refractivity contribution in [3.05, 3.63) is 65.7 Å². The third-order valence-corrected chi connectivity index (χ3v) is 3.48. The van der Waals surface area contributed by atoms with Crippen LogP contribution in [0.15, 0.2) is 54.6 Å². The van der Waals surface area contributed by atoms with E-state index >= 15 is 0 Å². The molecule has 19 heavy (non-hydrogen) atoms. The Morgan fingerprint density at radius 1 is 0.632 bits per heavy atom. The Balaban J connectivity index is 1.59. The van der Waals surface area contributed by atoms with Gasteiger partial charge in [-0.2, -0.15) is 0 Å². The summed E-state index contributed by atoms with van der Waals surface area (Å²) in [5, 5.41) is 11.5. The second-order valence-corrected chi connectivity index (χ2v) is 5.01. The van der Waals surface area contributed by atoms with Crippen LogP contribution in [-0.4, -0.2) is 0 Å². The van der Waals surface area contributed by atoms with Crippen LogP contribution in [0.4, 0.5) is 0 Å². The summed E-state index contributed by atoms with van der Waals surface area (Å²) in [4.78, 5) is 0. The normalized spacial score (nSPS) is 10.5. The number of unbranched alkanes of at least 4 members (excludes halogenated alkanes) is 3. The van der Waals surface area contributed by atoms with Crippen molar-refractivity contribution in [2.45, 2.75) is 38.5 Å². The zero-order valence-electron chi connectivity index (χ0n) is 11.3. The van der Waals surface area contributed by atoms with Crippen LogP contribution in [0.2, 0.25) is 0 Å². The summed E-state index contributed by atoms with van der Waals surface area (Å²) in [5.41, 5.74) is 2.39. The molecule has 2 rings (SSSR count). The minimum absolute atomic E-state index is 0.187. The molecule has 0 aromatic heterocycles. The van der Waals surface area contributed by atoms with Crippen LogP contribution in [0.1, 0.15) is 36.8 Å². The number of benzene rings is 2. The average molecular weight is 253 g/mol. The summed E-state index contributed by atoms with van der Waals surface area (Å²) in [5.74, 6) is 0.187. The van der Waals surface area contributed by atoms with Gasteiger partial charge in [-0.15, -0.1) is 0 Å². The standard InChI is InChI=1S/C18H21O/c19-18-15-9-8-14-17(18)13-7-2-1-4-10-16-11-5-3-6-12-16/h3,5-6,8-9,11-12,14-15H,1-2,4,7,10,13H2. The zero-order valence-corrected chi connectivity index (χ0v) is 11.3. The minimum atomic E-state index is 0.187. The van der Waals surface area contributed by atoms with Crippen molar-refractivity contribution >= 4 is 0 Å². The van der Waals surface area contributed by atoms with E-state index in [-0.39, 0.29) is 5.75 Å². The monoisotopic (exact) mass is 253 g/mol. The summed E-state index contributed by atoms with van der Waals surface area (Å²) in [6, 6.07) is 18.0. The van der Waals surface area contributed by atoms with Crippen molar-refractivity contribution in [1.29, 1.82) is 0 Å². The summed E-state index contributed by atoms with van der Waals surface area (Å²) < 4.78 is 0. The van der Waals surface area contributed by atoms with E-state index < -0.39 is 0 Å². The lowest BCUT2D eigenvalue weighted by Crippen LogP contribution is -1.88. The van der Waals surface area contributed by atoms with Gasteiger partial charge in [0.25, 0.3) is 0 Å². The van der Waals surface area contributed by atoms with Gasteiger partial charge in [0.1, 0.15) is 0 Å². The Hall–Kier alpha value is -1.76. The Morgan fingerprint density at radius 2 is 1.26 bits per heavy atom. The fourth-order valence-electron chi connectivity index (χ4n) is 2.35. The van der Waals surface area contributed by atoms with Gasteiger partial charge in [-0.05, 0) is 42.9 Å². The lowest BCUT2D eigenvalue weighted by molar-refractivity contribution is 0.349. The number of hydrogen-bond acceptors (Lipinski definition) is 0. The van der Waals surface area contributed by atoms with Gasteiger partial charge in [-0.3, -0.25) is 5.11 Å². The number of para-hydroxylation sites is 1. The molecule has 99 valence electrons. The second kappa shape index (κ2) is 7.63. The molecule has 0 saturated heterocycles. The van der Waals surface area contributed by atoms with E-state index in [9.17, 15) is 5.11 Å². The Morgan fingerprint density at radius 3 is 2.00 bits per heavy atom. The molecular weight excluding hydrogens is 232 g/mol. The van der Waals surface area contributed by atoms with E-state index in [0.29, 0.717) is 0 Å². The maximum atomic E-state index is 11.5. The Labute approximate surface area is 115 Å². The van der Waals surface area contributed by atoms with Gasteiger partial charge in [0, 0.05) is 0 Å². The largest absolute Gasteiger partial charge is 0.290 e. The van der Waals surface area contributed by atoms with Gasteiger partial charge in [-0.1, -0.05) is 61.4 Å². The van der Waals surface area contributed by atoms with Gasteiger partial charge >= 0.3 is 0 Å². The minimum Gasteiger partial charge on any atom is -0.290 e. The highest BCUT2D eigenvalue weighted by molar-refractivity contribution is 5.31. The van der Waals surface area contributed by atoms with Crippen LogP contribution in [-0.2, 0) is 17.9 Å². The fourth-order valence-corrected chi connectivity index (χ4v) is 2.35. The molecule has 2 aromatic carbocycles. The van der Waals surface area contributed by atoms with E-state index in [1.165, 1.54) is 31.2 Å². The zero-order chi connectivity index (χ0) is 13.3. The van der Waals surface area contributed by atoms with E-state index in [4.69, 9.17) is 0 Å². The lowest BCUT2D eigenvalue weighted by Gasteiger charge is -2.03. The summed E-state index contributed by atoms with van der Waals surface area (Å²) in [6.07, 6.45) is 6.90. The Bertz CT molecular complexity index is 476. The molecule has 0 aliphatic rings. The molecule has 1 radical (unpaired) electrons. The fraction of sp³-hybridized carbons (Fsp3) is 0.333. The molecule has 1 nitrogen and oxygen atoms in total. The molecule has 0 aliphatic carbocycles. The SMILES string of the molecule is [O]c1ccccc1CCCCCCc1ccccc1. The van der Waals surface area contributed by atoms with E-state index in [1.807, 2.05) is 18.2 Å². The molecule has 0 atom stereocenters. The first-order valence-electron chi connectivity index (χ1n) is 7.15. The highest BCUT2D eigenvalue weighted by Gasteiger charge is 2.00. The van der Waals surface area contributed by atoms with Gasteiger partial charge < -0.3 is 0 Å². The van der Waals surface area contributed by atoms with Crippen LogP contribution in [0.25, 0.3) is 0 Å². The van der Waals surface area contributed by atoms with Crippen LogP contribution in [0.3, 0.4) is 0 Å². The molecule has 1 heteroatoms. The average Bonchev–Trinajstić information content (AvgIpc) is 2.45. The first-order chi connectivity index (χ1) is 9.36. The number of rotatable bonds is 7. The van der Waals surface area contributed by atoms with Gasteiger partial charge in [0.15, 0.2) is 5.75 Å². The molecule has 2 aromatic rings. The van der Waals surface area contributed by atoms with Gasteiger partial charge in [0.2, 0.25) is 0 Å². The van der Waals surface area contributed by atoms with Crippen molar-refractivity contribution in [3.63, 3.8) is 0 Å². The first-order valence-corrected chi connectivity index (χ1v) is 7.15. The maximum Gasteiger partial charge on any atom is 0.181 e. The molecule has 0 heterocycles. The van der Waals surface area contributed by atoms with Crippen molar-refractivity contribution in [2.75, 3.05) is 0 Å². The maximum absolute atomic E-state index is 11.5. The van der Waals surface area contributed by atoms with Crippen LogP contribution in [0.5, 0.6) is 5.75 Å². The predicted molar refractivity (Wildman–Crippen MR) is 78.9 cm³/mol. The smallest absolute Gasteiger partial charge is 0.181 e. The molecule has 0 aliphatic heterocycles. The summed E-state index contributed by atoms with van der Waals surface area (Å²) in [6.45, 7) is 0. The molecule has 0 unspecified atom stereocenters. The van der Waals surface area contributed by atoms with E-state index in [0.717, 1.165) is 18.4 Å².